The Morgan fingerprint density at radius 3 is 2.09 bits per heavy atom. The Morgan fingerprint density at radius 1 is 0.909 bits per heavy atom. The largest absolute Gasteiger partial charge is 0.457 e. The molecule has 0 heterocycles. The number of hydrogen-bond acceptors (Lipinski definition) is 3. The predicted octanol–water partition coefficient (Wildman–Crippen LogP) is 4.13. The molecule has 0 aromatic heterocycles. The van der Waals surface area contributed by atoms with Gasteiger partial charge in [-0.3, -0.25) is 9.59 Å². The molecule has 0 radical (unpaired) electrons. The van der Waals surface area contributed by atoms with E-state index in [4.69, 9.17) is 4.74 Å². The summed E-state index contributed by atoms with van der Waals surface area (Å²) in [7, 11) is 0. The molecule has 0 saturated heterocycles. The molecule has 3 nitrogen and oxygen atoms in total. The van der Waals surface area contributed by atoms with Gasteiger partial charge in [0.25, 0.3) is 0 Å². The lowest BCUT2D eigenvalue weighted by molar-refractivity contribution is -0.143. The van der Waals surface area contributed by atoms with E-state index in [1.54, 1.807) is 12.1 Å². The summed E-state index contributed by atoms with van der Waals surface area (Å²) in [5, 5.41) is 0. The van der Waals surface area contributed by atoms with Crippen molar-refractivity contribution in [3.63, 3.8) is 0 Å². The molecule has 2 aromatic carbocycles. The first-order chi connectivity index (χ1) is 10.6. The van der Waals surface area contributed by atoms with Gasteiger partial charge < -0.3 is 4.74 Å². The molecule has 0 N–H and O–H groups in total. The maximum Gasteiger partial charge on any atom is 0.306 e. The fraction of sp³-hybridized carbons (Fsp3) is 0.263. The van der Waals surface area contributed by atoms with E-state index in [0.717, 1.165) is 11.1 Å². The Labute approximate surface area is 130 Å². The van der Waals surface area contributed by atoms with Gasteiger partial charge in [0, 0.05) is 12.0 Å². The highest BCUT2D eigenvalue weighted by molar-refractivity contribution is 5.98. The number of esters is 1. The van der Waals surface area contributed by atoms with Crippen molar-refractivity contribution in [3.05, 3.63) is 60.2 Å². The maximum atomic E-state index is 12.0. The average molecular weight is 296 g/mol. The van der Waals surface area contributed by atoms with Gasteiger partial charge in [-0.15, -0.1) is 0 Å². The smallest absolute Gasteiger partial charge is 0.306 e. The first-order valence-electron chi connectivity index (χ1n) is 7.40. The lowest BCUT2D eigenvalue weighted by Crippen LogP contribution is -2.15. The maximum absolute atomic E-state index is 12.0. The zero-order valence-electron chi connectivity index (χ0n) is 12.9. The SMILES string of the molecule is CC(C)CC(=O)OCC(=O)c1ccc(-c2ccccc2)cc1. The number of Topliss-reactive ketones (excluding diaryl/α,β-unsaturated/α-hetero) is 1. The third-order valence-corrected chi connectivity index (χ3v) is 3.25. The van der Waals surface area contributed by atoms with E-state index in [1.165, 1.54) is 0 Å². The van der Waals surface area contributed by atoms with Crippen LogP contribution in [0.2, 0.25) is 0 Å². The van der Waals surface area contributed by atoms with Crippen LogP contribution in [-0.4, -0.2) is 18.4 Å². The summed E-state index contributed by atoms with van der Waals surface area (Å²) >= 11 is 0. The predicted molar refractivity (Wildman–Crippen MR) is 86.6 cm³/mol. The summed E-state index contributed by atoms with van der Waals surface area (Å²) in [6, 6.07) is 17.3. The van der Waals surface area contributed by atoms with Gasteiger partial charge >= 0.3 is 5.97 Å². The van der Waals surface area contributed by atoms with Crippen LogP contribution in [0, 0.1) is 5.92 Å². The fourth-order valence-electron chi connectivity index (χ4n) is 2.10. The topological polar surface area (TPSA) is 43.4 Å². The van der Waals surface area contributed by atoms with Gasteiger partial charge in [0.2, 0.25) is 0 Å². The second-order valence-corrected chi connectivity index (χ2v) is 5.63. The van der Waals surface area contributed by atoms with Gasteiger partial charge in [-0.1, -0.05) is 68.4 Å². The van der Waals surface area contributed by atoms with Gasteiger partial charge in [0.05, 0.1) is 0 Å². The van der Waals surface area contributed by atoms with Crippen LogP contribution in [0.3, 0.4) is 0 Å². The molecule has 2 rings (SSSR count). The Kier molecular flexibility index (Phi) is 5.48. The van der Waals surface area contributed by atoms with E-state index in [0.29, 0.717) is 12.0 Å². The summed E-state index contributed by atoms with van der Waals surface area (Å²) in [6.45, 7) is 3.67. The molecule has 0 bridgehead atoms. The van der Waals surface area contributed by atoms with Crippen LogP contribution < -0.4 is 0 Å². The quantitative estimate of drug-likeness (QED) is 0.594. The van der Waals surface area contributed by atoms with E-state index < -0.39 is 0 Å². The summed E-state index contributed by atoms with van der Waals surface area (Å²) < 4.78 is 5.00. The minimum atomic E-state index is -0.329. The minimum absolute atomic E-state index is 0.184. The van der Waals surface area contributed by atoms with Gasteiger partial charge in [-0.25, -0.2) is 0 Å². The van der Waals surface area contributed by atoms with Crippen molar-refractivity contribution in [1.82, 2.24) is 0 Å². The number of ketones is 1. The normalized spacial score (nSPS) is 10.5. The van der Waals surface area contributed by atoms with Crippen LogP contribution in [-0.2, 0) is 9.53 Å². The summed E-state index contributed by atoms with van der Waals surface area (Å²) in [4.78, 5) is 23.5. The van der Waals surface area contributed by atoms with E-state index >= 15 is 0 Å². The van der Waals surface area contributed by atoms with Crippen molar-refractivity contribution in [2.45, 2.75) is 20.3 Å². The molecule has 0 aliphatic heterocycles. The molecule has 0 saturated carbocycles. The van der Waals surface area contributed by atoms with E-state index in [1.807, 2.05) is 56.3 Å². The molecule has 0 aliphatic carbocycles. The first-order valence-corrected chi connectivity index (χ1v) is 7.40. The highest BCUT2D eigenvalue weighted by Gasteiger charge is 2.11. The van der Waals surface area contributed by atoms with E-state index in [2.05, 4.69) is 0 Å². The molecule has 0 aliphatic rings. The lowest BCUT2D eigenvalue weighted by Gasteiger charge is -2.07. The highest BCUT2D eigenvalue weighted by Crippen LogP contribution is 2.19. The second kappa shape index (κ2) is 7.55. The van der Waals surface area contributed by atoms with Crippen molar-refractivity contribution in [2.75, 3.05) is 6.61 Å². The van der Waals surface area contributed by atoms with E-state index in [-0.39, 0.29) is 24.3 Å². The molecule has 0 amide bonds. The molecular formula is C19H20O3. The summed E-state index contributed by atoms with van der Waals surface area (Å²) in [5.41, 5.74) is 2.70. The average Bonchev–Trinajstić information content (AvgIpc) is 2.53. The Hall–Kier alpha value is -2.42. The Morgan fingerprint density at radius 2 is 1.50 bits per heavy atom. The van der Waals surface area contributed by atoms with Crippen LogP contribution in [0.4, 0.5) is 0 Å². The standard InChI is InChI=1S/C19H20O3/c1-14(2)12-19(21)22-13-18(20)17-10-8-16(9-11-17)15-6-4-3-5-7-15/h3-11,14H,12-13H2,1-2H3. The molecule has 0 unspecified atom stereocenters. The van der Waals surface area contributed by atoms with Gasteiger partial charge in [0.15, 0.2) is 12.4 Å². The zero-order chi connectivity index (χ0) is 15.9. The van der Waals surface area contributed by atoms with Crippen LogP contribution in [0.5, 0.6) is 0 Å². The summed E-state index contributed by atoms with van der Waals surface area (Å²) in [5.74, 6) is -0.284. The van der Waals surface area contributed by atoms with Crippen molar-refractivity contribution >= 4 is 11.8 Å². The van der Waals surface area contributed by atoms with Gasteiger partial charge in [0.1, 0.15) is 0 Å². The van der Waals surface area contributed by atoms with Crippen molar-refractivity contribution < 1.29 is 14.3 Å². The van der Waals surface area contributed by atoms with Crippen LogP contribution in [0.25, 0.3) is 11.1 Å². The molecule has 3 heteroatoms. The number of hydrogen-bond donors (Lipinski definition) is 0. The molecule has 0 spiro atoms. The van der Waals surface area contributed by atoms with Gasteiger partial charge in [-0.2, -0.15) is 0 Å². The van der Waals surface area contributed by atoms with Crippen molar-refractivity contribution in [3.8, 4) is 11.1 Å². The molecule has 0 atom stereocenters. The van der Waals surface area contributed by atoms with Crippen LogP contribution >= 0.6 is 0 Å². The monoisotopic (exact) mass is 296 g/mol. The van der Waals surface area contributed by atoms with Crippen LogP contribution in [0.15, 0.2) is 54.6 Å². The lowest BCUT2D eigenvalue weighted by atomic mass is 10.0. The number of rotatable bonds is 6. The molecule has 22 heavy (non-hydrogen) atoms. The first kappa shape index (κ1) is 16.0. The van der Waals surface area contributed by atoms with Crippen molar-refractivity contribution in [2.24, 2.45) is 5.92 Å². The number of carbonyl (C=O) groups excluding carboxylic acids is 2. The highest BCUT2D eigenvalue weighted by atomic mass is 16.5. The summed E-state index contributed by atoms with van der Waals surface area (Å²) in [6.07, 6.45) is 0.334. The number of carbonyl (C=O) groups is 2. The van der Waals surface area contributed by atoms with Gasteiger partial charge in [-0.05, 0) is 17.0 Å². The van der Waals surface area contributed by atoms with Crippen molar-refractivity contribution in [1.29, 1.82) is 0 Å². The number of ether oxygens (including phenoxy) is 1. The third-order valence-electron chi connectivity index (χ3n) is 3.25. The zero-order valence-corrected chi connectivity index (χ0v) is 12.9. The van der Waals surface area contributed by atoms with Crippen LogP contribution in [0.1, 0.15) is 30.6 Å². The molecule has 2 aromatic rings. The van der Waals surface area contributed by atoms with E-state index in [9.17, 15) is 9.59 Å². The third kappa shape index (κ3) is 4.55. The fourth-order valence-corrected chi connectivity index (χ4v) is 2.10. The second-order valence-electron chi connectivity index (χ2n) is 5.63. The molecular weight excluding hydrogens is 276 g/mol. The molecule has 114 valence electrons. The Balaban J connectivity index is 1.95. The minimum Gasteiger partial charge on any atom is -0.457 e. The Bertz CT molecular complexity index is 627. The number of benzene rings is 2. The molecule has 0 fully saturated rings.